The lowest BCUT2D eigenvalue weighted by atomic mass is 9.97. The van der Waals surface area contributed by atoms with Gasteiger partial charge in [0.25, 0.3) is 0 Å². The summed E-state index contributed by atoms with van der Waals surface area (Å²) in [6, 6.07) is 15.1. The molecule has 1 saturated heterocycles. The largest absolute Gasteiger partial charge is 0.326 e. The predicted molar refractivity (Wildman–Crippen MR) is 103 cm³/mol. The quantitative estimate of drug-likeness (QED) is 0.801. The lowest BCUT2D eigenvalue weighted by Gasteiger charge is -2.30. The van der Waals surface area contributed by atoms with Crippen molar-refractivity contribution in [2.45, 2.75) is 24.7 Å². The molecule has 2 aromatic carbocycles. The van der Waals surface area contributed by atoms with Gasteiger partial charge in [0.15, 0.2) is 5.78 Å². The van der Waals surface area contributed by atoms with Crippen LogP contribution in [-0.2, 0) is 14.8 Å². The zero-order valence-corrected chi connectivity index (χ0v) is 15.9. The molecule has 0 unspecified atom stereocenters. The van der Waals surface area contributed by atoms with Crippen LogP contribution in [0.3, 0.4) is 0 Å². The number of nitrogens with one attached hydrogen (secondary N) is 1. The number of ketones is 1. The molecule has 1 amide bonds. The van der Waals surface area contributed by atoms with Crippen LogP contribution in [0.15, 0.2) is 59.5 Å². The second-order valence-corrected chi connectivity index (χ2v) is 8.56. The van der Waals surface area contributed by atoms with Gasteiger partial charge in [0, 0.05) is 30.3 Å². The van der Waals surface area contributed by atoms with E-state index in [1.54, 1.807) is 54.6 Å². The summed E-state index contributed by atoms with van der Waals surface area (Å²) in [5.41, 5.74) is 1.11. The second kappa shape index (κ2) is 8.02. The molecule has 27 heavy (non-hydrogen) atoms. The highest BCUT2D eigenvalue weighted by Crippen LogP contribution is 2.25. The van der Waals surface area contributed by atoms with E-state index in [9.17, 15) is 18.0 Å². The molecular weight excluding hydrogens is 364 g/mol. The number of hydrogen-bond donors (Lipinski definition) is 1. The van der Waals surface area contributed by atoms with Gasteiger partial charge in [0.2, 0.25) is 15.9 Å². The van der Waals surface area contributed by atoms with E-state index in [0.717, 1.165) is 0 Å². The van der Waals surface area contributed by atoms with Crippen LogP contribution in [0.4, 0.5) is 5.69 Å². The van der Waals surface area contributed by atoms with E-state index < -0.39 is 10.0 Å². The first-order chi connectivity index (χ1) is 12.9. The van der Waals surface area contributed by atoms with Gasteiger partial charge in [0.05, 0.1) is 4.90 Å². The van der Waals surface area contributed by atoms with Crippen molar-refractivity contribution >= 4 is 27.4 Å². The first-order valence-electron chi connectivity index (χ1n) is 8.85. The highest BCUT2D eigenvalue weighted by molar-refractivity contribution is 7.89. The molecule has 0 radical (unpaired) electrons. The summed E-state index contributed by atoms with van der Waals surface area (Å²) >= 11 is 0. The van der Waals surface area contributed by atoms with Gasteiger partial charge in [-0.2, -0.15) is 4.31 Å². The molecule has 1 fully saturated rings. The predicted octanol–water partition coefficient (Wildman–Crippen LogP) is 2.93. The average Bonchev–Trinajstić information content (AvgIpc) is 2.69. The van der Waals surface area contributed by atoms with Gasteiger partial charge in [0.1, 0.15) is 0 Å². The number of amides is 1. The van der Waals surface area contributed by atoms with Crippen molar-refractivity contribution in [1.82, 2.24) is 4.31 Å². The maximum Gasteiger partial charge on any atom is 0.243 e. The van der Waals surface area contributed by atoms with Gasteiger partial charge in [-0.1, -0.05) is 30.3 Å². The first kappa shape index (κ1) is 19.3. The Morgan fingerprint density at radius 3 is 2.30 bits per heavy atom. The van der Waals surface area contributed by atoms with E-state index in [4.69, 9.17) is 0 Å². The highest BCUT2D eigenvalue weighted by Gasteiger charge is 2.32. The molecule has 0 aliphatic carbocycles. The van der Waals surface area contributed by atoms with Crippen molar-refractivity contribution in [3.8, 4) is 0 Å². The van der Waals surface area contributed by atoms with Gasteiger partial charge in [-0.3, -0.25) is 9.59 Å². The van der Waals surface area contributed by atoms with Crippen molar-refractivity contribution in [2.75, 3.05) is 18.4 Å². The molecule has 2 aromatic rings. The Morgan fingerprint density at radius 1 is 1.00 bits per heavy atom. The second-order valence-electron chi connectivity index (χ2n) is 6.62. The number of anilines is 1. The fraction of sp³-hybridized carbons (Fsp3) is 0.300. The Balaban J connectivity index is 1.61. The van der Waals surface area contributed by atoms with E-state index in [0.29, 0.717) is 37.2 Å². The molecule has 1 aliphatic heterocycles. The van der Waals surface area contributed by atoms with Crippen LogP contribution >= 0.6 is 0 Å². The summed E-state index contributed by atoms with van der Waals surface area (Å²) in [6.07, 6.45) is 0.925. The molecule has 1 heterocycles. The number of sulfonamides is 1. The van der Waals surface area contributed by atoms with Crippen molar-refractivity contribution in [2.24, 2.45) is 5.92 Å². The van der Waals surface area contributed by atoms with Crippen molar-refractivity contribution < 1.29 is 18.0 Å². The zero-order chi connectivity index (χ0) is 19.4. The maximum atomic E-state index is 12.6. The number of Topliss-reactive ketones (excluding diaryl/α,β-unsaturated/α-hetero) is 1. The molecule has 3 rings (SSSR count). The number of carbonyl (C=O) groups is 2. The minimum absolute atomic E-state index is 0.0643. The Morgan fingerprint density at radius 2 is 1.67 bits per heavy atom. The molecule has 0 saturated carbocycles. The molecule has 0 bridgehead atoms. The maximum absolute atomic E-state index is 12.6. The molecule has 1 N–H and O–H groups in total. The fourth-order valence-electron chi connectivity index (χ4n) is 3.16. The van der Waals surface area contributed by atoms with E-state index >= 15 is 0 Å². The molecular formula is C20H22N2O4S. The molecule has 1 aliphatic rings. The summed E-state index contributed by atoms with van der Waals surface area (Å²) in [5, 5.41) is 2.83. The van der Waals surface area contributed by atoms with Gasteiger partial charge in [-0.15, -0.1) is 0 Å². The van der Waals surface area contributed by atoms with E-state index in [-0.39, 0.29) is 22.5 Å². The van der Waals surface area contributed by atoms with Gasteiger partial charge >= 0.3 is 0 Å². The number of carbonyl (C=O) groups excluding carboxylic acids is 2. The van der Waals surface area contributed by atoms with Gasteiger partial charge in [-0.05, 0) is 44.0 Å². The molecule has 7 heteroatoms. The number of nitrogens with zero attached hydrogens (tertiary/aromatic N) is 1. The number of piperidine rings is 1. The normalized spacial score (nSPS) is 16.0. The zero-order valence-electron chi connectivity index (χ0n) is 15.1. The van der Waals surface area contributed by atoms with E-state index in [2.05, 4.69) is 5.32 Å². The number of rotatable bonds is 5. The summed E-state index contributed by atoms with van der Waals surface area (Å²) in [4.78, 5) is 24.2. The molecule has 0 aromatic heterocycles. The van der Waals surface area contributed by atoms with Crippen molar-refractivity contribution in [3.63, 3.8) is 0 Å². The average molecular weight is 386 g/mol. The van der Waals surface area contributed by atoms with Crippen LogP contribution < -0.4 is 5.32 Å². The van der Waals surface area contributed by atoms with Crippen LogP contribution in [0.5, 0.6) is 0 Å². The lowest BCUT2D eigenvalue weighted by Crippen LogP contribution is -2.41. The molecule has 6 nitrogen and oxygen atoms in total. The minimum atomic E-state index is -3.52. The minimum Gasteiger partial charge on any atom is -0.326 e. The SMILES string of the molecule is CC(=O)c1cccc(NC(=O)C2CCN(S(=O)(=O)c3ccccc3)CC2)c1. The Labute approximate surface area is 159 Å². The van der Waals surface area contributed by atoms with Crippen LogP contribution in [0, 0.1) is 5.92 Å². The first-order valence-corrected chi connectivity index (χ1v) is 10.3. The van der Waals surface area contributed by atoms with Crippen LogP contribution in [-0.4, -0.2) is 37.5 Å². The fourth-order valence-corrected chi connectivity index (χ4v) is 4.65. The molecule has 142 valence electrons. The number of benzene rings is 2. The Hall–Kier alpha value is -2.51. The standard InChI is InChI=1S/C20H22N2O4S/c1-15(23)17-6-5-7-18(14-17)21-20(24)16-10-12-22(13-11-16)27(25,26)19-8-3-2-4-9-19/h2-9,14,16H,10-13H2,1H3,(H,21,24). The third kappa shape index (κ3) is 4.43. The third-order valence-electron chi connectivity index (χ3n) is 4.74. The van der Waals surface area contributed by atoms with Gasteiger partial charge < -0.3 is 5.32 Å². The highest BCUT2D eigenvalue weighted by atomic mass is 32.2. The molecule has 0 spiro atoms. The smallest absolute Gasteiger partial charge is 0.243 e. The monoisotopic (exact) mass is 386 g/mol. The lowest BCUT2D eigenvalue weighted by molar-refractivity contribution is -0.120. The summed E-state index contributed by atoms with van der Waals surface area (Å²) in [5.74, 6) is -0.466. The van der Waals surface area contributed by atoms with Crippen molar-refractivity contribution in [1.29, 1.82) is 0 Å². The van der Waals surface area contributed by atoms with Gasteiger partial charge in [-0.25, -0.2) is 8.42 Å². The van der Waals surface area contributed by atoms with Crippen molar-refractivity contribution in [3.05, 3.63) is 60.2 Å². The Bertz CT molecular complexity index is 933. The topological polar surface area (TPSA) is 83.6 Å². The summed E-state index contributed by atoms with van der Waals surface area (Å²) < 4.78 is 26.7. The van der Waals surface area contributed by atoms with Crippen LogP contribution in [0.1, 0.15) is 30.1 Å². The Kier molecular flexibility index (Phi) is 5.72. The van der Waals surface area contributed by atoms with E-state index in [1.165, 1.54) is 11.2 Å². The van der Waals surface area contributed by atoms with Crippen LogP contribution in [0.25, 0.3) is 0 Å². The summed E-state index contributed by atoms with van der Waals surface area (Å²) in [7, 11) is -3.52. The number of hydrogen-bond acceptors (Lipinski definition) is 4. The summed E-state index contributed by atoms with van der Waals surface area (Å²) in [6.45, 7) is 2.09. The molecule has 0 atom stereocenters. The van der Waals surface area contributed by atoms with E-state index in [1.807, 2.05) is 0 Å². The van der Waals surface area contributed by atoms with Crippen LogP contribution in [0.2, 0.25) is 0 Å². The third-order valence-corrected chi connectivity index (χ3v) is 6.66.